The van der Waals surface area contributed by atoms with E-state index in [-0.39, 0.29) is 0 Å². The third-order valence-electron chi connectivity index (χ3n) is 2.40. The van der Waals surface area contributed by atoms with Gasteiger partial charge in [-0.2, -0.15) is 0 Å². The molecule has 0 aliphatic rings. The number of nitrogens with zero attached hydrogens (tertiary/aromatic N) is 5. The molecule has 0 spiro atoms. The molecule has 0 amide bonds. The molecule has 0 aromatic carbocycles. The van der Waals surface area contributed by atoms with Gasteiger partial charge in [0.1, 0.15) is 17.4 Å². The molecule has 0 unspecified atom stereocenters. The smallest absolute Gasteiger partial charge is 0.200 e. The van der Waals surface area contributed by atoms with Crippen LogP contribution in [0.4, 0.5) is 5.82 Å². The van der Waals surface area contributed by atoms with Crippen LogP contribution in [-0.2, 0) is 0 Å². The third kappa shape index (κ3) is 1.67. The van der Waals surface area contributed by atoms with Gasteiger partial charge in [0.25, 0.3) is 0 Å². The molecule has 3 heterocycles. The summed E-state index contributed by atoms with van der Waals surface area (Å²) < 4.78 is 5.70. The van der Waals surface area contributed by atoms with E-state index in [2.05, 4.69) is 19.9 Å². The van der Waals surface area contributed by atoms with E-state index < -0.39 is 0 Å². The molecule has 0 aliphatic heterocycles. The van der Waals surface area contributed by atoms with Crippen LogP contribution in [0.2, 0.25) is 0 Å². The summed E-state index contributed by atoms with van der Waals surface area (Å²) >= 11 is 0. The van der Waals surface area contributed by atoms with E-state index in [1.165, 1.54) is 6.33 Å². The molecule has 3 aromatic heterocycles. The second-order valence-corrected chi connectivity index (χ2v) is 4.04. The minimum absolute atomic E-state index is 0.506. The van der Waals surface area contributed by atoms with Crippen LogP contribution in [0.25, 0.3) is 22.2 Å². The van der Waals surface area contributed by atoms with E-state index in [0.29, 0.717) is 22.5 Å². The molecule has 90 valence electrons. The van der Waals surface area contributed by atoms with Gasteiger partial charge in [0, 0.05) is 20.3 Å². The van der Waals surface area contributed by atoms with Gasteiger partial charge in [-0.05, 0) is 12.1 Å². The third-order valence-corrected chi connectivity index (χ3v) is 2.40. The Morgan fingerprint density at radius 1 is 1.22 bits per heavy atom. The van der Waals surface area contributed by atoms with Crippen LogP contribution in [0.3, 0.4) is 0 Å². The number of aliphatic imine (C=N–C) groups is 1. The standard InChI is InChI=1S/C12H11N5O/c1-17(2)7-16-12-11-10(14-6-15-12)9-8(18-11)4-3-5-13-9/h3-7H,1-2H3. The van der Waals surface area contributed by atoms with E-state index in [1.807, 2.05) is 31.1 Å². The maximum Gasteiger partial charge on any atom is 0.200 e. The van der Waals surface area contributed by atoms with Crippen molar-refractivity contribution in [1.29, 1.82) is 0 Å². The fourth-order valence-electron chi connectivity index (χ4n) is 1.65. The average Bonchev–Trinajstić information content (AvgIpc) is 2.75. The molecule has 0 fully saturated rings. The van der Waals surface area contributed by atoms with Gasteiger partial charge in [-0.3, -0.25) is 4.98 Å². The predicted octanol–water partition coefficient (Wildman–Crippen LogP) is 1.99. The summed E-state index contributed by atoms with van der Waals surface area (Å²) in [5.41, 5.74) is 2.67. The summed E-state index contributed by atoms with van der Waals surface area (Å²) in [6.07, 6.45) is 4.85. The summed E-state index contributed by atoms with van der Waals surface area (Å²) in [5, 5.41) is 0. The van der Waals surface area contributed by atoms with Gasteiger partial charge < -0.3 is 9.32 Å². The first-order chi connectivity index (χ1) is 8.75. The Morgan fingerprint density at radius 2 is 2.11 bits per heavy atom. The lowest BCUT2D eigenvalue weighted by molar-refractivity contribution is 0.641. The molecule has 0 aliphatic carbocycles. The molecule has 3 rings (SSSR count). The fraction of sp³-hybridized carbons (Fsp3) is 0.167. The van der Waals surface area contributed by atoms with Gasteiger partial charge in [-0.15, -0.1) is 0 Å². The Morgan fingerprint density at radius 3 is 2.94 bits per heavy atom. The number of furan rings is 1. The second kappa shape index (κ2) is 4.06. The van der Waals surface area contributed by atoms with Crippen LogP contribution in [0.5, 0.6) is 0 Å². The quantitative estimate of drug-likeness (QED) is 0.507. The van der Waals surface area contributed by atoms with Crippen LogP contribution >= 0.6 is 0 Å². The molecule has 0 saturated carbocycles. The van der Waals surface area contributed by atoms with E-state index in [9.17, 15) is 0 Å². The summed E-state index contributed by atoms with van der Waals surface area (Å²) in [4.78, 5) is 18.7. The lowest BCUT2D eigenvalue weighted by Gasteiger charge is -2.01. The van der Waals surface area contributed by atoms with Crippen LogP contribution in [0.1, 0.15) is 0 Å². The Labute approximate surface area is 103 Å². The minimum atomic E-state index is 0.506. The van der Waals surface area contributed by atoms with Gasteiger partial charge in [0.15, 0.2) is 11.2 Å². The summed E-state index contributed by atoms with van der Waals surface area (Å²) in [7, 11) is 3.78. The maximum atomic E-state index is 5.70. The van der Waals surface area contributed by atoms with Gasteiger partial charge in [-0.1, -0.05) is 0 Å². The summed E-state index contributed by atoms with van der Waals surface area (Å²) in [5.74, 6) is 0.506. The first-order valence-corrected chi connectivity index (χ1v) is 5.44. The zero-order chi connectivity index (χ0) is 12.5. The summed E-state index contributed by atoms with van der Waals surface area (Å²) in [6.45, 7) is 0. The highest BCUT2D eigenvalue weighted by atomic mass is 16.3. The molecular formula is C12H11N5O. The maximum absolute atomic E-state index is 5.70. The topological polar surface area (TPSA) is 67.4 Å². The van der Waals surface area contributed by atoms with E-state index in [1.54, 1.807) is 12.5 Å². The van der Waals surface area contributed by atoms with E-state index in [0.717, 1.165) is 5.52 Å². The zero-order valence-electron chi connectivity index (χ0n) is 10.0. The van der Waals surface area contributed by atoms with Gasteiger partial charge >= 0.3 is 0 Å². The highest BCUT2D eigenvalue weighted by molar-refractivity contribution is 6.02. The first-order valence-electron chi connectivity index (χ1n) is 5.44. The number of fused-ring (bicyclic) bond motifs is 3. The molecule has 0 saturated heterocycles. The number of hydrogen-bond donors (Lipinski definition) is 0. The lowest BCUT2D eigenvalue weighted by Crippen LogP contribution is -2.07. The molecule has 0 radical (unpaired) electrons. The van der Waals surface area contributed by atoms with Crippen molar-refractivity contribution in [1.82, 2.24) is 19.9 Å². The average molecular weight is 241 g/mol. The molecule has 0 bridgehead atoms. The number of pyridine rings is 1. The lowest BCUT2D eigenvalue weighted by atomic mass is 10.3. The monoisotopic (exact) mass is 241 g/mol. The van der Waals surface area contributed by atoms with Crippen molar-refractivity contribution in [3.05, 3.63) is 24.7 Å². The second-order valence-electron chi connectivity index (χ2n) is 4.04. The van der Waals surface area contributed by atoms with Gasteiger partial charge in [-0.25, -0.2) is 15.0 Å². The molecular weight excluding hydrogens is 230 g/mol. The summed E-state index contributed by atoms with van der Waals surface area (Å²) in [6, 6.07) is 3.67. The van der Waals surface area contributed by atoms with Crippen molar-refractivity contribution < 1.29 is 4.42 Å². The fourth-order valence-corrected chi connectivity index (χ4v) is 1.65. The van der Waals surface area contributed by atoms with Crippen molar-refractivity contribution in [2.24, 2.45) is 4.99 Å². The van der Waals surface area contributed by atoms with Crippen LogP contribution in [0, 0.1) is 0 Å². The normalized spacial score (nSPS) is 11.7. The number of rotatable bonds is 2. The van der Waals surface area contributed by atoms with Crippen molar-refractivity contribution in [2.75, 3.05) is 14.1 Å². The van der Waals surface area contributed by atoms with Crippen molar-refractivity contribution in [3.8, 4) is 0 Å². The van der Waals surface area contributed by atoms with Crippen LogP contribution in [-0.4, -0.2) is 40.3 Å². The predicted molar refractivity (Wildman–Crippen MR) is 68.9 cm³/mol. The van der Waals surface area contributed by atoms with Crippen LogP contribution in [0.15, 0.2) is 34.1 Å². The SMILES string of the molecule is CN(C)C=Nc1ncnc2c1oc1cccnc12. The van der Waals surface area contributed by atoms with E-state index in [4.69, 9.17) is 4.42 Å². The highest BCUT2D eigenvalue weighted by Crippen LogP contribution is 2.29. The number of aromatic nitrogens is 3. The van der Waals surface area contributed by atoms with Crippen molar-refractivity contribution in [3.63, 3.8) is 0 Å². The first kappa shape index (κ1) is 10.6. The molecule has 6 heteroatoms. The molecule has 6 nitrogen and oxygen atoms in total. The highest BCUT2D eigenvalue weighted by Gasteiger charge is 2.12. The zero-order valence-corrected chi connectivity index (χ0v) is 10.0. The van der Waals surface area contributed by atoms with Crippen molar-refractivity contribution >= 4 is 34.4 Å². The minimum Gasteiger partial charge on any atom is -0.449 e. The largest absolute Gasteiger partial charge is 0.449 e. The molecule has 0 N–H and O–H groups in total. The van der Waals surface area contributed by atoms with Gasteiger partial charge in [0.05, 0.1) is 6.34 Å². The molecule has 3 aromatic rings. The Kier molecular flexibility index (Phi) is 2.40. The van der Waals surface area contributed by atoms with Gasteiger partial charge in [0.2, 0.25) is 5.82 Å². The molecule has 0 atom stereocenters. The number of hydrogen-bond acceptors (Lipinski definition) is 5. The van der Waals surface area contributed by atoms with E-state index >= 15 is 0 Å². The Hall–Kier alpha value is -2.50. The van der Waals surface area contributed by atoms with Crippen LogP contribution < -0.4 is 0 Å². The Bertz CT molecular complexity index is 731. The Balaban J connectivity index is 2.27. The van der Waals surface area contributed by atoms with Crippen molar-refractivity contribution in [2.45, 2.75) is 0 Å². The molecule has 18 heavy (non-hydrogen) atoms.